The minimum Gasteiger partial charge on any atom is -0.506 e. The average Bonchev–Trinajstić information content (AvgIpc) is 1.72. The van der Waals surface area contributed by atoms with Gasteiger partial charge in [-0.2, -0.15) is 0 Å². The lowest BCUT2D eigenvalue weighted by Crippen LogP contribution is -2.20. The predicted molar refractivity (Wildman–Crippen MR) is 401 cm³/mol. The summed E-state index contributed by atoms with van der Waals surface area (Å²) in [6, 6.07) is 34.2. The Hall–Kier alpha value is -11.2. The highest BCUT2D eigenvalue weighted by molar-refractivity contribution is 9.10. The second-order valence-corrected chi connectivity index (χ2v) is 25.3. The Morgan fingerprint density at radius 3 is 1.56 bits per heavy atom. The number of phenols is 1. The van der Waals surface area contributed by atoms with Crippen molar-refractivity contribution in [3.8, 4) is 51.6 Å². The number of fused-ring (bicyclic) bond motifs is 5. The first kappa shape index (κ1) is 78.4. The number of oxazole rings is 3. The first-order valence-corrected chi connectivity index (χ1v) is 34.2. The van der Waals surface area contributed by atoms with Crippen LogP contribution in [0.2, 0.25) is 30.4 Å². The van der Waals surface area contributed by atoms with Crippen LogP contribution in [0.25, 0.3) is 67.7 Å². The van der Waals surface area contributed by atoms with Crippen LogP contribution in [0.4, 0.5) is 31.7 Å². The molecular weight excluding hydrogens is 1590 g/mol. The molecule has 25 nitrogen and oxygen atoms in total. The summed E-state index contributed by atoms with van der Waals surface area (Å²) in [6.45, 7) is 2.50. The number of nitrogens with zero attached hydrogens (tertiary/aromatic N) is 8. The maximum absolute atomic E-state index is 13.9. The molecule has 0 spiro atoms. The van der Waals surface area contributed by atoms with Crippen molar-refractivity contribution >= 4 is 172 Å². The van der Waals surface area contributed by atoms with E-state index in [1.165, 1.54) is 94.6 Å². The molecular formula is C73H53BrCl6F2N10O15. The van der Waals surface area contributed by atoms with Crippen molar-refractivity contribution in [2.24, 2.45) is 0 Å². The van der Waals surface area contributed by atoms with Gasteiger partial charge in [0, 0.05) is 99.9 Å². The third-order valence-electron chi connectivity index (χ3n) is 14.9. The Kier molecular flexibility index (Phi) is 26.5. The quantitative estimate of drug-likeness (QED) is 0.0260. The third-order valence-corrected chi connectivity index (χ3v) is 16.7. The topological polar surface area (TPSA) is 343 Å². The largest absolute Gasteiger partial charge is 0.506 e. The van der Waals surface area contributed by atoms with Gasteiger partial charge in [-0.3, -0.25) is 4.79 Å². The van der Waals surface area contributed by atoms with Gasteiger partial charge < -0.3 is 63.1 Å². The second-order valence-electron chi connectivity index (χ2n) is 22.0. The molecule has 0 atom stereocenters. The van der Waals surface area contributed by atoms with Crippen LogP contribution in [0.1, 0.15) is 64.6 Å². The number of carbonyl (C=O) groups is 5. The summed E-state index contributed by atoms with van der Waals surface area (Å²) in [5, 5.41) is 24.2. The molecule has 0 fully saturated rings. The number of rotatable bonds is 9. The summed E-state index contributed by atoms with van der Waals surface area (Å²) in [4.78, 5) is 88.2. The van der Waals surface area contributed by atoms with Crippen molar-refractivity contribution < 1.29 is 79.9 Å². The van der Waals surface area contributed by atoms with Gasteiger partial charge >= 0.3 is 23.9 Å². The zero-order valence-corrected chi connectivity index (χ0v) is 61.7. The van der Waals surface area contributed by atoms with Gasteiger partial charge in [0.15, 0.2) is 23.0 Å². The minimum absolute atomic E-state index is 0.0301. The highest BCUT2D eigenvalue weighted by Gasteiger charge is 2.26. The number of esters is 3. The fourth-order valence-corrected chi connectivity index (χ4v) is 11.2. The third kappa shape index (κ3) is 20.0. The summed E-state index contributed by atoms with van der Waals surface area (Å²) in [7, 11) is 3.82. The molecule has 34 heteroatoms. The van der Waals surface area contributed by atoms with Crippen molar-refractivity contribution in [2.75, 3.05) is 63.6 Å². The van der Waals surface area contributed by atoms with E-state index in [0.29, 0.717) is 130 Å². The van der Waals surface area contributed by atoms with E-state index in [1.54, 1.807) is 89.8 Å². The number of nitrogens with two attached hydrogens (primary N) is 1. The Morgan fingerprint density at radius 1 is 0.551 bits per heavy atom. The Balaban J connectivity index is 0.000000144. The lowest BCUT2D eigenvalue weighted by Gasteiger charge is -2.23. The van der Waals surface area contributed by atoms with Crippen molar-refractivity contribution in [1.82, 2.24) is 34.9 Å². The number of anilines is 4. The lowest BCUT2D eigenvalue weighted by atomic mass is 10.1. The van der Waals surface area contributed by atoms with E-state index in [-0.39, 0.29) is 67.4 Å². The van der Waals surface area contributed by atoms with Crippen LogP contribution in [0.3, 0.4) is 0 Å². The predicted octanol–water partition coefficient (Wildman–Crippen LogP) is 18.4. The lowest BCUT2D eigenvalue weighted by molar-refractivity contribution is 0.0591. The first-order chi connectivity index (χ1) is 51.4. The molecule has 0 bridgehead atoms. The van der Waals surface area contributed by atoms with Crippen LogP contribution in [-0.4, -0.2) is 123 Å². The fourth-order valence-electron chi connectivity index (χ4n) is 9.91. The van der Waals surface area contributed by atoms with Gasteiger partial charge in [0.1, 0.15) is 66.2 Å². The molecule has 548 valence electrons. The zero-order valence-electron chi connectivity index (χ0n) is 55.6. The number of ether oxygens (including phenoxy) is 5. The van der Waals surface area contributed by atoms with E-state index in [2.05, 4.69) is 60.9 Å². The average molecular weight is 1640 g/mol. The van der Waals surface area contributed by atoms with Gasteiger partial charge in [-0.05, 0) is 126 Å². The Morgan fingerprint density at radius 2 is 1.02 bits per heavy atom. The van der Waals surface area contributed by atoms with E-state index < -0.39 is 29.7 Å². The Bertz CT molecular complexity index is 5340. The summed E-state index contributed by atoms with van der Waals surface area (Å²) in [5.74, 6) is -1.16. The number of aromatic hydroxyl groups is 1. The molecule has 0 saturated heterocycles. The smallest absolute Gasteiger partial charge is 0.338 e. The molecule has 0 saturated carbocycles. The number of carbonyl (C=O) groups excluding carboxylic acids is 4. The molecule has 15 rings (SSSR count). The van der Waals surface area contributed by atoms with Crippen molar-refractivity contribution in [2.45, 2.75) is 12.8 Å². The number of halogens is 9. The Labute approximate surface area is 643 Å². The molecule has 107 heavy (non-hydrogen) atoms. The van der Waals surface area contributed by atoms with Crippen molar-refractivity contribution in [1.29, 1.82) is 0 Å². The summed E-state index contributed by atoms with van der Waals surface area (Å²) >= 11 is 37.9. The molecule has 0 unspecified atom stereocenters. The number of hydrogen-bond acceptors (Lipinski definition) is 24. The van der Waals surface area contributed by atoms with Crippen LogP contribution in [-0.2, 0) is 14.2 Å². The van der Waals surface area contributed by atoms with Crippen LogP contribution in [0.5, 0.6) is 17.2 Å². The SMILES string of the molecule is COC(=O)c1cc(Br)ncc1-c1nc2ccc(Cl)cc2o1.COC(=O)c1cc(Cl)ncc1-c1nc2ccc(Cl)cc2o1.COC(=O)c1cc(Cl)ncc1C=O.Fc1ccc2c(c1)NCCCO2.Nc1ccc(Cl)cc1O.O=C(O)c1cc(N2CCCOc3ccc(F)cc32)ncc1-c1nc2ccc(Cl)cc2o1. The number of aromatic nitrogens is 7. The molecule has 0 aliphatic carbocycles. The van der Waals surface area contributed by atoms with Crippen molar-refractivity contribution in [3.05, 3.63) is 233 Å². The number of hydrogen-bond donors (Lipinski definition) is 4. The maximum atomic E-state index is 13.9. The van der Waals surface area contributed by atoms with Gasteiger partial charge in [-0.15, -0.1) is 0 Å². The van der Waals surface area contributed by atoms with Crippen LogP contribution < -0.4 is 25.4 Å². The number of carboxylic acid groups (broad SMARTS) is 1. The maximum Gasteiger partial charge on any atom is 0.338 e. The standard InChI is InChI=1S/C22H15ClFN3O4.C14H8BrClN2O3.C14H8Cl2N2O3.C9H10FNO.C8H6ClNO3.C6H6ClNO/c23-12-2-4-16-19(8-12)31-21(26-16)15-11-25-20(10-14(15)22(28)29)27-6-1-7-30-18-5-3-13(24)9-17(18)27;1-20-14(19)8-5-12(15)17-6-9(8)13-18-10-3-2-7(16)4-11(10)21-13;1-20-14(19)8-5-12(16)17-6-9(8)13-18-10-3-2-7(15)4-11(10)21-13;10-7-2-3-9-8(6-7)11-4-1-5-12-9;1-13-8(12)6-2-7(9)10-3-5(6)4-11;7-4-1-2-5(8)6(9)3-4/h2-5,8-11H,1,6-7H2,(H,28,29);2*2-6H,1H3;2-3,6,11H,1,4-5H2;2-4H,1H3;1-3,9H,8H2. The molecule has 9 heterocycles. The molecule has 2 aliphatic rings. The number of phenolic OH excluding ortho intramolecular Hbond substituents is 1. The number of aromatic carboxylic acids is 1. The molecule has 0 radical (unpaired) electrons. The molecule has 7 aromatic heterocycles. The zero-order chi connectivity index (χ0) is 76.6. The van der Waals surface area contributed by atoms with Gasteiger partial charge in [0.05, 0.1) is 90.5 Å². The normalized spacial score (nSPS) is 11.8. The van der Waals surface area contributed by atoms with Gasteiger partial charge in [0.2, 0.25) is 17.7 Å². The molecule has 13 aromatic rings. The van der Waals surface area contributed by atoms with Gasteiger partial charge in [0.25, 0.3) is 0 Å². The number of benzene rings is 6. The number of carboxylic acids is 1. The number of nitrogen functional groups attached to an aromatic ring is 1. The highest BCUT2D eigenvalue weighted by atomic mass is 79.9. The van der Waals surface area contributed by atoms with E-state index in [4.69, 9.17) is 113 Å². The van der Waals surface area contributed by atoms with E-state index in [1.807, 2.05) is 0 Å². The van der Waals surface area contributed by atoms with Crippen LogP contribution in [0, 0.1) is 11.6 Å². The van der Waals surface area contributed by atoms with E-state index in [0.717, 1.165) is 24.4 Å². The minimum atomic E-state index is -1.16. The summed E-state index contributed by atoms with van der Waals surface area (Å²) in [5.41, 5.74) is 12.1. The van der Waals surface area contributed by atoms with Crippen LogP contribution >= 0.6 is 85.5 Å². The number of pyridine rings is 4. The molecule has 0 amide bonds. The van der Waals surface area contributed by atoms with Crippen molar-refractivity contribution in [3.63, 3.8) is 0 Å². The second kappa shape index (κ2) is 36.2. The number of aldehydes is 1. The summed E-state index contributed by atoms with van der Waals surface area (Å²) in [6.07, 6.45) is 7.68. The van der Waals surface area contributed by atoms with Crippen LogP contribution in [0.15, 0.2) is 176 Å². The molecule has 5 N–H and O–H groups in total. The van der Waals surface area contributed by atoms with Gasteiger partial charge in [-0.25, -0.2) is 62.8 Å². The number of methoxy groups -OCH3 is 3. The highest BCUT2D eigenvalue weighted by Crippen LogP contribution is 2.39. The first-order valence-electron chi connectivity index (χ1n) is 31.1. The number of nitrogens with one attached hydrogen (secondary N) is 1. The van der Waals surface area contributed by atoms with E-state index in [9.17, 15) is 37.9 Å². The monoisotopic (exact) mass is 1640 g/mol. The molecule has 2 aliphatic heterocycles. The summed E-state index contributed by atoms with van der Waals surface area (Å²) < 4.78 is 69.2. The van der Waals surface area contributed by atoms with E-state index >= 15 is 0 Å². The molecule has 6 aromatic carbocycles. The fraction of sp³-hybridized carbons (Fsp3) is 0.123. The van der Waals surface area contributed by atoms with Gasteiger partial charge in [-0.1, -0.05) is 69.6 Å².